The van der Waals surface area contributed by atoms with E-state index in [4.69, 9.17) is 4.74 Å². The molecule has 1 aromatic rings. The molecule has 3 nitrogen and oxygen atoms in total. The molecule has 0 amide bonds. The Balaban J connectivity index is 2.13. The van der Waals surface area contributed by atoms with Crippen molar-refractivity contribution in [3.63, 3.8) is 0 Å². The highest BCUT2D eigenvalue weighted by Crippen LogP contribution is 2.16. The molecule has 2 rings (SSSR count). The van der Waals surface area contributed by atoms with E-state index in [0.717, 1.165) is 13.0 Å². The smallest absolute Gasteiger partial charge is 0.127 e. The van der Waals surface area contributed by atoms with Gasteiger partial charge in [-0.25, -0.2) is 4.98 Å². The molecule has 0 saturated carbocycles. The minimum atomic E-state index is -0.995. The van der Waals surface area contributed by atoms with Gasteiger partial charge < -0.3 is 4.74 Å². The lowest BCUT2D eigenvalue weighted by Gasteiger charge is -2.05. The summed E-state index contributed by atoms with van der Waals surface area (Å²) in [5, 5.41) is 0.799. The number of pyridine rings is 1. The molecule has 2 atom stereocenters. The zero-order valence-electron chi connectivity index (χ0n) is 7.18. The molecule has 13 heavy (non-hydrogen) atoms. The summed E-state index contributed by atoms with van der Waals surface area (Å²) in [6.45, 7) is 1.33. The number of hydrogen-bond acceptors (Lipinski definition) is 3. The molecule has 0 spiro atoms. The van der Waals surface area contributed by atoms with Gasteiger partial charge in [0.15, 0.2) is 0 Å². The van der Waals surface area contributed by atoms with Crippen molar-refractivity contribution in [1.29, 1.82) is 0 Å². The Kier molecular flexibility index (Phi) is 2.71. The quantitative estimate of drug-likeness (QED) is 0.709. The first-order valence-electron chi connectivity index (χ1n) is 4.27. The highest BCUT2D eigenvalue weighted by Gasteiger charge is 2.23. The Labute approximate surface area is 79.6 Å². The molecule has 70 valence electrons. The molecule has 1 unspecified atom stereocenters. The summed E-state index contributed by atoms with van der Waals surface area (Å²) in [6.07, 6.45) is 2.55. The molecule has 1 fully saturated rings. The van der Waals surface area contributed by atoms with E-state index >= 15 is 0 Å². The lowest BCUT2D eigenvalue weighted by molar-refractivity contribution is 0.199. The maximum absolute atomic E-state index is 11.8. The third-order valence-electron chi connectivity index (χ3n) is 2.03. The molecule has 4 heteroatoms. The van der Waals surface area contributed by atoms with Crippen molar-refractivity contribution in [2.24, 2.45) is 0 Å². The van der Waals surface area contributed by atoms with E-state index in [1.165, 1.54) is 0 Å². The van der Waals surface area contributed by atoms with Gasteiger partial charge in [-0.2, -0.15) is 0 Å². The maximum atomic E-state index is 11.8. The van der Waals surface area contributed by atoms with Crippen LogP contribution in [0.3, 0.4) is 0 Å². The van der Waals surface area contributed by atoms with Crippen LogP contribution in [-0.4, -0.2) is 27.7 Å². The molecule has 1 saturated heterocycles. The van der Waals surface area contributed by atoms with Gasteiger partial charge in [-0.15, -0.1) is 0 Å². The van der Waals surface area contributed by atoms with Gasteiger partial charge in [0, 0.05) is 12.8 Å². The second kappa shape index (κ2) is 3.98. The first-order chi connectivity index (χ1) is 6.38. The van der Waals surface area contributed by atoms with Crippen LogP contribution in [0.2, 0.25) is 0 Å². The van der Waals surface area contributed by atoms with Gasteiger partial charge in [0.25, 0.3) is 0 Å². The van der Waals surface area contributed by atoms with Crippen LogP contribution < -0.4 is 0 Å². The van der Waals surface area contributed by atoms with E-state index in [1.807, 2.05) is 12.1 Å². The summed E-state index contributed by atoms with van der Waals surface area (Å²) in [6, 6.07) is 5.48. The lowest BCUT2D eigenvalue weighted by Crippen LogP contribution is -2.15. The van der Waals surface area contributed by atoms with Crippen molar-refractivity contribution in [3.8, 4) is 0 Å². The Morgan fingerprint density at radius 3 is 3.08 bits per heavy atom. The molecule has 0 aliphatic carbocycles. The van der Waals surface area contributed by atoms with Crippen molar-refractivity contribution in [2.75, 3.05) is 13.2 Å². The normalized spacial score (nSPS) is 24.5. The van der Waals surface area contributed by atoms with Crippen molar-refractivity contribution in [2.45, 2.75) is 16.7 Å². The maximum Gasteiger partial charge on any atom is 0.127 e. The molecule has 0 aromatic carbocycles. The molecule has 0 radical (unpaired) electrons. The molecule has 1 aliphatic rings. The molecule has 1 aliphatic heterocycles. The van der Waals surface area contributed by atoms with E-state index in [-0.39, 0.29) is 5.25 Å². The topological polar surface area (TPSA) is 39.2 Å². The predicted octanol–water partition coefficient (Wildman–Crippen LogP) is 0.978. The standard InChI is InChI=1S/C9H11NO2S/c11-13(8-4-6-12-7-8)9-3-1-2-5-10-9/h1-3,5,8H,4,6-7H2/t8-,13?/m1/s1. The van der Waals surface area contributed by atoms with Crippen LogP contribution in [0.4, 0.5) is 0 Å². The average Bonchev–Trinajstić information content (AvgIpc) is 2.71. The number of ether oxygens (including phenoxy) is 1. The van der Waals surface area contributed by atoms with Crippen LogP contribution in [0.1, 0.15) is 6.42 Å². The zero-order valence-corrected chi connectivity index (χ0v) is 8.00. The van der Waals surface area contributed by atoms with Crippen molar-refractivity contribution < 1.29 is 8.95 Å². The van der Waals surface area contributed by atoms with Gasteiger partial charge >= 0.3 is 0 Å². The zero-order chi connectivity index (χ0) is 9.10. The Morgan fingerprint density at radius 2 is 2.46 bits per heavy atom. The summed E-state index contributed by atoms with van der Waals surface area (Å²) in [7, 11) is -0.995. The van der Waals surface area contributed by atoms with E-state index in [9.17, 15) is 4.21 Å². The molecular weight excluding hydrogens is 186 g/mol. The summed E-state index contributed by atoms with van der Waals surface area (Å²) < 4.78 is 17.0. The third-order valence-corrected chi connectivity index (χ3v) is 3.67. The molecular formula is C9H11NO2S. The second-order valence-electron chi connectivity index (χ2n) is 2.95. The van der Waals surface area contributed by atoms with Crippen molar-refractivity contribution >= 4 is 10.8 Å². The van der Waals surface area contributed by atoms with Gasteiger partial charge in [-0.1, -0.05) is 6.07 Å². The van der Waals surface area contributed by atoms with Crippen LogP contribution in [0, 0.1) is 0 Å². The van der Waals surface area contributed by atoms with Crippen molar-refractivity contribution in [3.05, 3.63) is 24.4 Å². The molecule has 1 aromatic heterocycles. The van der Waals surface area contributed by atoms with Crippen LogP contribution in [0.15, 0.2) is 29.4 Å². The average molecular weight is 197 g/mol. The van der Waals surface area contributed by atoms with Gasteiger partial charge in [0.05, 0.1) is 22.7 Å². The van der Waals surface area contributed by atoms with E-state index < -0.39 is 10.8 Å². The second-order valence-corrected chi connectivity index (χ2v) is 4.63. The van der Waals surface area contributed by atoms with Crippen LogP contribution in [0.5, 0.6) is 0 Å². The number of aromatic nitrogens is 1. The summed E-state index contributed by atoms with van der Waals surface area (Å²) in [5.41, 5.74) is 0. The Morgan fingerprint density at radius 1 is 1.54 bits per heavy atom. The molecule has 2 heterocycles. The summed E-state index contributed by atoms with van der Waals surface area (Å²) >= 11 is 0. The van der Waals surface area contributed by atoms with Crippen LogP contribution in [0.25, 0.3) is 0 Å². The van der Waals surface area contributed by atoms with Crippen LogP contribution in [-0.2, 0) is 15.5 Å². The first kappa shape index (κ1) is 8.84. The SMILES string of the molecule is O=S(c1ccccn1)[C@@H]1CCOC1. The summed E-state index contributed by atoms with van der Waals surface area (Å²) in [5.74, 6) is 0. The van der Waals surface area contributed by atoms with E-state index in [0.29, 0.717) is 11.6 Å². The third kappa shape index (κ3) is 1.95. The fourth-order valence-corrected chi connectivity index (χ4v) is 2.57. The van der Waals surface area contributed by atoms with Crippen molar-refractivity contribution in [1.82, 2.24) is 4.98 Å². The predicted molar refractivity (Wildman–Crippen MR) is 49.9 cm³/mol. The van der Waals surface area contributed by atoms with Gasteiger partial charge in [0.2, 0.25) is 0 Å². The summed E-state index contributed by atoms with van der Waals surface area (Å²) in [4.78, 5) is 4.07. The van der Waals surface area contributed by atoms with E-state index in [2.05, 4.69) is 4.98 Å². The highest BCUT2D eigenvalue weighted by molar-refractivity contribution is 7.85. The molecule has 0 N–H and O–H groups in total. The van der Waals surface area contributed by atoms with Crippen LogP contribution >= 0.6 is 0 Å². The fourth-order valence-electron chi connectivity index (χ4n) is 1.32. The highest BCUT2D eigenvalue weighted by atomic mass is 32.2. The van der Waals surface area contributed by atoms with E-state index in [1.54, 1.807) is 12.3 Å². The fraction of sp³-hybridized carbons (Fsp3) is 0.444. The van der Waals surface area contributed by atoms with Gasteiger partial charge in [-0.05, 0) is 18.6 Å². The molecule has 0 bridgehead atoms. The van der Waals surface area contributed by atoms with Gasteiger partial charge in [0.1, 0.15) is 5.03 Å². The minimum absolute atomic E-state index is 0.134. The first-order valence-corrected chi connectivity index (χ1v) is 5.48. The number of hydrogen-bond donors (Lipinski definition) is 0. The Hall–Kier alpha value is -0.740. The minimum Gasteiger partial charge on any atom is -0.380 e. The largest absolute Gasteiger partial charge is 0.380 e. The Bertz CT molecular complexity index is 296. The lowest BCUT2D eigenvalue weighted by atomic mass is 10.4. The number of rotatable bonds is 2. The van der Waals surface area contributed by atoms with Gasteiger partial charge in [-0.3, -0.25) is 4.21 Å². The monoisotopic (exact) mass is 197 g/mol. The number of nitrogens with zero attached hydrogens (tertiary/aromatic N) is 1.